The predicted octanol–water partition coefficient (Wildman–Crippen LogP) is 5.04. The lowest BCUT2D eigenvalue weighted by molar-refractivity contribution is 0.0864. The summed E-state index contributed by atoms with van der Waals surface area (Å²) < 4.78 is 0. The Morgan fingerprint density at radius 3 is 2.28 bits per heavy atom. The molecule has 0 saturated heterocycles. The molecule has 0 radical (unpaired) electrons. The first-order chi connectivity index (χ1) is 12.3. The van der Waals surface area contributed by atoms with Crippen LogP contribution >= 0.6 is 0 Å². The molecule has 2 aromatic rings. The number of benzene rings is 2. The highest BCUT2D eigenvalue weighted by atomic mass is 16.1. The second-order valence-corrected chi connectivity index (χ2v) is 7.28. The van der Waals surface area contributed by atoms with Gasteiger partial charge >= 0.3 is 0 Å². The average Bonchev–Trinajstić information content (AvgIpc) is 2.69. The molecule has 128 valence electrons. The third-order valence-electron chi connectivity index (χ3n) is 5.74. The Labute approximate surface area is 150 Å². The molecule has 2 atom stereocenters. The molecule has 2 nitrogen and oxygen atoms in total. The molecule has 25 heavy (non-hydrogen) atoms. The number of carbonyl (C=O) groups is 1. The Hall–Kier alpha value is -2.35. The molecule has 1 heterocycles. The normalized spacial score (nSPS) is 23.3. The van der Waals surface area contributed by atoms with Gasteiger partial charge in [0.25, 0.3) is 0 Å². The van der Waals surface area contributed by atoms with Crippen molar-refractivity contribution in [3.8, 4) is 0 Å². The summed E-state index contributed by atoms with van der Waals surface area (Å²) in [4.78, 5) is 15.7. The molecule has 2 unspecified atom stereocenters. The van der Waals surface area contributed by atoms with E-state index < -0.39 is 0 Å². The Bertz CT molecular complexity index is 778. The van der Waals surface area contributed by atoms with Crippen LogP contribution in [0.1, 0.15) is 47.5 Å². The number of carbonyl (C=O) groups excluding carboxylic acids is 1. The van der Waals surface area contributed by atoms with Gasteiger partial charge in [-0.15, -0.1) is 0 Å². The van der Waals surface area contributed by atoms with Gasteiger partial charge in [0.1, 0.15) is 0 Å². The third kappa shape index (κ3) is 3.02. The van der Waals surface area contributed by atoms with E-state index in [9.17, 15) is 4.79 Å². The standard InChI is InChI=1S/C23H25NO/c1-24-16-20(23(25)18-12-6-3-7-13-18)22(17-10-4-2-5-11-17)19-14-8-9-15-21(19)24/h2-7,10-13,20,22H,8-9,14-16H2,1H3. The molecular formula is C23H25NO. The lowest BCUT2D eigenvalue weighted by atomic mass is 9.70. The largest absolute Gasteiger partial charge is 0.377 e. The Kier molecular flexibility index (Phi) is 4.44. The number of Topliss-reactive ketones (excluding diaryl/α,β-unsaturated/α-hetero) is 1. The molecule has 0 bridgehead atoms. The van der Waals surface area contributed by atoms with Crippen molar-refractivity contribution in [2.75, 3.05) is 13.6 Å². The van der Waals surface area contributed by atoms with Crippen molar-refractivity contribution in [2.24, 2.45) is 5.92 Å². The molecular weight excluding hydrogens is 306 g/mol. The zero-order chi connectivity index (χ0) is 17.2. The van der Waals surface area contributed by atoms with Crippen molar-refractivity contribution in [3.05, 3.63) is 83.1 Å². The van der Waals surface area contributed by atoms with Crippen molar-refractivity contribution in [3.63, 3.8) is 0 Å². The van der Waals surface area contributed by atoms with Gasteiger partial charge in [-0.3, -0.25) is 4.79 Å². The number of ketones is 1. The number of rotatable bonds is 3. The summed E-state index contributed by atoms with van der Waals surface area (Å²) in [6, 6.07) is 20.4. The molecule has 0 saturated carbocycles. The maximum Gasteiger partial charge on any atom is 0.168 e. The summed E-state index contributed by atoms with van der Waals surface area (Å²) in [6.07, 6.45) is 4.78. The van der Waals surface area contributed by atoms with Crippen molar-refractivity contribution in [1.82, 2.24) is 4.90 Å². The van der Waals surface area contributed by atoms with Gasteiger partial charge in [-0.25, -0.2) is 0 Å². The fourth-order valence-corrected chi connectivity index (χ4v) is 4.58. The van der Waals surface area contributed by atoms with E-state index in [0.717, 1.165) is 24.9 Å². The highest BCUT2D eigenvalue weighted by Crippen LogP contribution is 2.45. The van der Waals surface area contributed by atoms with Gasteiger partial charge in [0, 0.05) is 30.8 Å². The van der Waals surface area contributed by atoms with Gasteiger partial charge in [-0.2, -0.15) is 0 Å². The average molecular weight is 331 g/mol. The first kappa shape index (κ1) is 16.1. The molecule has 2 heteroatoms. The van der Waals surface area contributed by atoms with Gasteiger partial charge in [0.15, 0.2) is 5.78 Å². The number of hydrogen-bond donors (Lipinski definition) is 0. The van der Waals surface area contributed by atoms with Crippen LogP contribution in [0, 0.1) is 5.92 Å². The molecule has 2 aliphatic rings. The molecule has 0 fully saturated rings. The smallest absolute Gasteiger partial charge is 0.168 e. The molecule has 0 N–H and O–H groups in total. The molecule has 1 aliphatic carbocycles. The van der Waals surface area contributed by atoms with Crippen LogP contribution in [0.4, 0.5) is 0 Å². The minimum absolute atomic E-state index is 0.00773. The van der Waals surface area contributed by atoms with E-state index in [2.05, 4.69) is 42.3 Å². The fraction of sp³-hybridized carbons (Fsp3) is 0.348. The predicted molar refractivity (Wildman–Crippen MR) is 102 cm³/mol. The van der Waals surface area contributed by atoms with Crippen LogP contribution in [0.25, 0.3) is 0 Å². The van der Waals surface area contributed by atoms with Gasteiger partial charge < -0.3 is 4.90 Å². The Morgan fingerprint density at radius 2 is 1.56 bits per heavy atom. The maximum absolute atomic E-state index is 13.4. The monoisotopic (exact) mass is 331 g/mol. The minimum atomic E-state index is -0.00773. The highest BCUT2D eigenvalue weighted by molar-refractivity contribution is 5.99. The van der Waals surface area contributed by atoms with E-state index in [0.29, 0.717) is 0 Å². The zero-order valence-corrected chi connectivity index (χ0v) is 14.8. The number of hydrogen-bond acceptors (Lipinski definition) is 2. The molecule has 0 amide bonds. The zero-order valence-electron chi connectivity index (χ0n) is 14.8. The summed E-state index contributed by atoms with van der Waals surface area (Å²) in [7, 11) is 2.16. The first-order valence-corrected chi connectivity index (χ1v) is 9.33. The quantitative estimate of drug-likeness (QED) is 0.734. The Morgan fingerprint density at radius 1 is 0.920 bits per heavy atom. The maximum atomic E-state index is 13.4. The van der Waals surface area contributed by atoms with Crippen LogP contribution in [0.2, 0.25) is 0 Å². The first-order valence-electron chi connectivity index (χ1n) is 9.33. The second-order valence-electron chi connectivity index (χ2n) is 7.28. The lowest BCUT2D eigenvalue weighted by Crippen LogP contribution is -2.41. The summed E-state index contributed by atoms with van der Waals surface area (Å²) in [6.45, 7) is 0.812. The molecule has 2 aromatic carbocycles. The van der Waals surface area contributed by atoms with Crippen molar-refractivity contribution < 1.29 is 4.79 Å². The van der Waals surface area contributed by atoms with Crippen LogP contribution in [-0.2, 0) is 0 Å². The van der Waals surface area contributed by atoms with Gasteiger partial charge in [0.2, 0.25) is 0 Å². The van der Waals surface area contributed by atoms with E-state index in [1.165, 1.54) is 29.7 Å². The molecule has 4 rings (SSSR count). The van der Waals surface area contributed by atoms with Crippen molar-refractivity contribution >= 4 is 5.78 Å². The minimum Gasteiger partial charge on any atom is -0.377 e. The topological polar surface area (TPSA) is 20.3 Å². The van der Waals surface area contributed by atoms with Gasteiger partial charge in [0.05, 0.1) is 5.92 Å². The van der Waals surface area contributed by atoms with Crippen LogP contribution in [-0.4, -0.2) is 24.3 Å². The molecule has 1 aliphatic heterocycles. The van der Waals surface area contributed by atoms with Crippen LogP contribution < -0.4 is 0 Å². The summed E-state index contributed by atoms with van der Waals surface area (Å²) in [5, 5.41) is 0. The highest BCUT2D eigenvalue weighted by Gasteiger charge is 2.39. The number of allylic oxidation sites excluding steroid dienone is 2. The van der Waals surface area contributed by atoms with Crippen LogP contribution in [0.3, 0.4) is 0 Å². The lowest BCUT2D eigenvalue weighted by Gasteiger charge is -2.43. The van der Waals surface area contributed by atoms with Crippen LogP contribution in [0.5, 0.6) is 0 Å². The van der Waals surface area contributed by atoms with Crippen molar-refractivity contribution in [2.45, 2.75) is 31.6 Å². The molecule has 0 aromatic heterocycles. The van der Waals surface area contributed by atoms with E-state index in [4.69, 9.17) is 0 Å². The fourth-order valence-electron chi connectivity index (χ4n) is 4.58. The van der Waals surface area contributed by atoms with Crippen LogP contribution in [0.15, 0.2) is 71.9 Å². The van der Waals surface area contributed by atoms with E-state index >= 15 is 0 Å². The van der Waals surface area contributed by atoms with Crippen molar-refractivity contribution in [1.29, 1.82) is 0 Å². The van der Waals surface area contributed by atoms with Gasteiger partial charge in [-0.1, -0.05) is 60.7 Å². The number of nitrogens with zero attached hydrogens (tertiary/aromatic N) is 1. The Balaban J connectivity index is 1.80. The van der Waals surface area contributed by atoms with E-state index in [1.54, 1.807) is 0 Å². The third-order valence-corrected chi connectivity index (χ3v) is 5.74. The van der Waals surface area contributed by atoms with E-state index in [1.807, 2.05) is 30.3 Å². The van der Waals surface area contributed by atoms with Gasteiger partial charge in [-0.05, 0) is 36.8 Å². The van der Waals surface area contributed by atoms with E-state index in [-0.39, 0.29) is 17.6 Å². The summed E-state index contributed by atoms with van der Waals surface area (Å²) in [5.41, 5.74) is 5.11. The second kappa shape index (κ2) is 6.87. The summed E-state index contributed by atoms with van der Waals surface area (Å²) in [5.74, 6) is 0.491. The summed E-state index contributed by atoms with van der Waals surface area (Å²) >= 11 is 0. The SMILES string of the molecule is CN1CC(C(=O)c2ccccc2)C(c2ccccc2)C2=C1CCCC2. The molecule has 0 spiro atoms.